The Balaban J connectivity index is 2.12. The van der Waals surface area contributed by atoms with Crippen LogP contribution in [0.5, 0.6) is 0 Å². The van der Waals surface area contributed by atoms with E-state index in [0.717, 1.165) is 21.2 Å². The second-order valence-electron chi connectivity index (χ2n) is 5.54. The fourth-order valence-electron chi connectivity index (χ4n) is 2.22. The maximum Gasteiger partial charge on any atom is 0.252 e. The van der Waals surface area contributed by atoms with Crippen molar-refractivity contribution in [2.24, 2.45) is 0 Å². The largest absolute Gasteiger partial charge is 0.338 e. The van der Waals surface area contributed by atoms with Crippen molar-refractivity contribution in [3.05, 3.63) is 51.3 Å². The van der Waals surface area contributed by atoms with Gasteiger partial charge in [-0.05, 0) is 36.1 Å². The van der Waals surface area contributed by atoms with Gasteiger partial charge < -0.3 is 4.90 Å². The first-order valence-electron chi connectivity index (χ1n) is 7.35. The van der Waals surface area contributed by atoms with Crippen LogP contribution in [0.25, 0.3) is 0 Å². The summed E-state index contributed by atoms with van der Waals surface area (Å²) in [6, 6.07) is 7.91. The lowest BCUT2D eigenvalue weighted by atomic mass is 10.1. The first-order valence-corrected chi connectivity index (χ1v) is 10.4. The highest BCUT2D eigenvalue weighted by Crippen LogP contribution is 2.29. The highest BCUT2D eigenvalue weighted by atomic mass is 35.5. The smallest absolute Gasteiger partial charge is 0.252 e. The van der Waals surface area contributed by atoms with Gasteiger partial charge in [0.1, 0.15) is 4.21 Å². The van der Waals surface area contributed by atoms with E-state index in [1.54, 1.807) is 36.7 Å². The van der Waals surface area contributed by atoms with Gasteiger partial charge in [-0.2, -0.15) is 4.31 Å². The summed E-state index contributed by atoms with van der Waals surface area (Å²) in [4.78, 5) is 14.0. The summed E-state index contributed by atoms with van der Waals surface area (Å²) in [7, 11) is -0.663. The van der Waals surface area contributed by atoms with Crippen LogP contribution in [0.15, 0.2) is 39.9 Å². The van der Waals surface area contributed by atoms with E-state index in [2.05, 4.69) is 0 Å². The lowest BCUT2D eigenvalue weighted by Crippen LogP contribution is -2.40. The Morgan fingerprint density at radius 3 is 2.48 bits per heavy atom. The van der Waals surface area contributed by atoms with E-state index in [-0.39, 0.29) is 22.7 Å². The van der Waals surface area contributed by atoms with Gasteiger partial charge >= 0.3 is 0 Å². The number of sulfonamides is 1. The van der Waals surface area contributed by atoms with Crippen LogP contribution in [-0.2, 0) is 14.8 Å². The molecule has 0 saturated carbocycles. The Kier molecular flexibility index (Phi) is 6.51. The number of likely N-dealkylation sites (N-methyl/N-ethyl adjacent to an activating group) is 2. The molecule has 0 spiro atoms. The highest BCUT2D eigenvalue weighted by molar-refractivity contribution is 7.91. The highest BCUT2D eigenvalue weighted by Gasteiger charge is 2.27. The number of thiophene rings is 1. The molecule has 0 radical (unpaired) electrons. The van der Waals surface area contributed by atoms with E-state index < -0.39 is 10.0 Å². The van der Waals surface area contributed by atoms with Crippen molar-refractivity contribution >= 4 is 50.5 Å². The van der Waals surface area contributed by atoms with Crippen LogP contribution in [0.1, 0.15) is 18.5 Å². The number of amides is 1. The van der Waals surface area contributed by atoms with Crippen LogP contribution >= 0.6 is 34.5 Å². The SMILES string of the molecule is CC(c1ccc(Cl)cc1Cl)N(C)C(=O)CN(C)S(=O)(=O)c1cccs1. The number of benzene rings is 1. The van der Waals surface area contributed by atoms with Crippen molar-refractivity contribution in [2.75, 3.05) is 20.6 Å². The summed E-state index contributed by atoms with van der Waals surface area (Å²) in [6.07, 6.45) is 0. The number of carbonyl (C=O) groups is 1. The van der Waals surface area contributed by atoms with Crippen LogP contribution in [0.4, 0.5) is 0 Å². The molecule has 2 aromatic rings. The van der Waals surface area contributed by atoms with E-state index in [1.165, 1.54) is 18.0 Å². The van der Waals surface area contributed by atoms with Crippen molar-refractivity contribution < 1.29 is 13.2 Å². The summed E-state index contributed by atoms with van der Waals surface area (Å²) < 4.78 is 26.1. The van der Waals surface area contributed by atoms with Gasteiger partial charge in [-0.25, -0.2) is 8.42 Å². The summed E-state index contributed by atoms with van der Waals surface area (Å²) in [5.74, 6) is -0.332. The van der Waals surface area contributed by atoms with E-state index in [1.807, 2.05) is 6.92 Å². The Hall–Kier alpha value is -1.12. The van der Waals surface area contributed by atoms with Crippen molar-refractivity contribution in [3.63, 3.8) is 0 Å². The van der Waals surface area contributed by atoms with Gasteiger partial charge in [0.25, 0.3) is 10.0 Å². The topological polar surface area (TPSA) is 57.7 Å². The molecule has 0 fully saturated rings. The van der Waals surface area contributed by atoms with Gasteiger partial charge in [0, 0.05) is 24.1 Å². The van der Waals surface area contributed by atoms with E-state index in [4.69, 9.17) is 23.2 Å². The Bertz CT molecular complexity index is 854. The molecule has 1 aromatic heterocycles. The van der Waals surface area contributed by atoms with Crippen molar-refractivity contribution in [3.8, 4) is 0 Å². The minimum absolute atomic E-state index is 0.208. The number of hydrogen-bond acceptors (Lipinski definition) is 4. The second-order valence-corrected chi connectivity index (χ2v) is 9.60. The standard InChI is InChI=1S/C16H18Cl2N2O3S2/c1-11(13-7-6-12(17)9-14(13)18)20(3)15(21)10-19(2)25(22,23)16-5-4-8-24-16/h4-9,11H,10H2,1-3H3. The Labute approximate surface area is 161 Å². The predicted octanol–water partition coefficient (Wildman–Crippen LogP) is 3.90. The van der Waals surface area contributed by atoms with Crippen LogP contribution in [0, 0.1) is 0 Å². The Morgan fingerprint density at radius 1 is 1.24 bits per heavy atom. The van der Waals surface area contributed by atoms with Crippen LogP contribution in [0.2, 0.25) is 10.0 Å². The lowest BCUT2D eigenvalue weighted by molar-refractivity contribution is -0.131. The molecule has 0 aliphatic carbocycles. The number of nitrogens with zero attached hydrogens (tertiary/aromatic N) is 2. The molecular weight excluding hydrogens is 403 g/mol. The molecule has 0 aliphatic heterocycles. The summed E-state index contributed by atoms with van der Waals surface area (Å²) >= 11 is 13.2. The Morgan fingerprint density at radius 2 is 1.92 bits per heavy atom. The summed E-state index contributed by atoms with van der Waals surface area (Å²) in [5.41, 5.74) is 0.741. The maximum absolute atomic E-state index is 12.5. The number of carbonyl (C=O) groups excluding carboxylic acids is 1. The molecule has 9 heteroatoms. The molecule has 0 N–H and O–H groups in total. The van der Waals surface area contributed by atoms with Gasteiger partial charge in [0.2, 0.25) is 5.91 Å². The molecule has 25 heavy (non-hydrogen) atoms. The zero-order valence-electron chi connectivity index (χ0n) is 13.9. The van der Waals surface area contributed by atoms with Crippen LogP contribution < -0.4 is 0 Å². The van der Waals surface area contributed by atoms with Gasteiger partial charge in [-0.3, -0.25) is 4.79 Å². The van der Waals surface area contributed by atoms with Gasteiger partial charge in [-0.1, -0.05) is 35.3 Å². The maximum atomic E-state index is 12.5. The molecule has 0 bridgehead atoms. The zero-order chi connectivity index (χ0) is 18.8. The molecule has 2 rings (SSSR count). The molecule has 1 heterocycles. The van der Waals surface area contributed by atoms with Gasteiger partial charge in [0.15, 0.2) is 0 Å². The van der Waals surface area contributed by atoms with Crippen molar-refractivity contribution in [2.45, 2.75) is 17.2 Å². The zero-order valence-corrected chi connectivity index (χ0v) is 17.1. The molecule has 0 aliphatic rings. The number of rotatable bonds is 6. The minimum atomic E-state index is -3.67. The van der Waals surface area contributed by atoms with Crippen LogP contribution in [0.3, 0.4) is 0 Å². The fraction of sp³-hybridized carbons (Fsp3) is 0.312. The van der Waals surface area contributed by atoms with Crippen LogP contribution in [-0.4, -0.2) is 44.2 Å². The van der Waals surface area contributed by atoms with E-state index in [9.17, 15) is 13.2 Å². The first kappa shape index (κ1) is 20.2. The third-order valence-corrected chi connectivity index (χ3v) is 7.64. The molecule has 1 unspecified atom stereocenters. The minimum Gasteiger partial charge on any atom is -0.338 e. The van der Waals surface area contributed by atoms with Crippen molar-refractivity contribution in [1.29, 1.82) is 0 Å². The quantitative estimate of drug-likeness (QED) is 0.711. The summed E-state index contributed by atoms with van der Waals surface area (Å²) in [5, 5.41) is 2.65. The van der Waals surface area contributed by atoms with Gasteiger partial charge in [-0.15, -0.1) is 11.3 Å². The first-order chi connectivity index (χ1) is 11.6. The number of halogens is 2. The lowest BCUT2D eigenvalue weighted by Gasteiger charge is -2.28. The number of hydrogen-bond donors (Lipinski definition) is 0. The fourth-order valence-corrected chi connectivity index (χ4v) is 5.10. The molecule has 1 aromatic carbocycles. The average molecular weight is 421 g/mol. The van der Waals surface area contributed by atoms with Crippen molar-refractivity contribution in [1.82, 2.24) is 9.21 Å². The monoisotopic (exact) mass is 420 g/mol. The molecular formula is C16H18Cl2N2O3S2. The second kappa shape index (κ2) is 8.05. The average Bonchev–Trinajstić information content (AvgIpc) is 3.08. The predicted molar refractivity (Wildman–Crippen MR) is 102 cm³/mol. The third kappa shape index (κ3) is 4.54. The molecule has 136 valence electrons. The molecule has 5 nitrogen and oxygen atoms in total. The van der Waals surface area contributed by atoms with E-state index in [0.29, 0.717) is 10.0 Å². The molecule has 1 amide bonds. The normalized spacial score (nSPS) is 13.0. The third-order valence-electron chi connectivity index (χ3n) is 3.90. The van der Waals surface area contributed by atoms with Gasteiger partial charge in [0.05, 0.1) is 12.6 Å². The molecule has 0 saturated heterocycles. The van der Waals surface area contributed by atoms with E-state index >= 15 is 0 Å². The molecule has 1 atom stereocenters. The summed E-state index contributed by atoms with van der Waals surface area (Å²) in [6.45, 7) is 1.56.